The van der Waals surface area contributed by atoms with Crippen molar-refractivity contribution in [2.75, 3.05) is 22.1 Å². The van der Waals surface area contributed by atoms with Crippen molar-refractivity contribution in [1.82, 2.24) is 9.97 Å². The van der Waals surface area contributed by atoms with Gasteiger partial charge in [0.15, 0.2) is 0 Å². The molecular weight excluding hydrogens is 354 g/mol. The Morgan fingerprint density at radius 3 is 2.43 bits per heavy atom. The fourth-order valence-electron chi connectivity index (χ4n) is 2.76. The number of benzene rings is 2. The van der Waals surface area contributed by atoms with Gasteiger partial charge in [0.25, 0.3) is 5.91 Å². The molecule has 2 aromatic carbocycles. The van der Waals surface area contributed by atoms with E-state index in [0.29, 0.717) is 23.7 Å². The molecule has 0 fully saturated rings. The summed E-state index contributed by atoms with van der Waals surface area (Å²) >= 11 is 0. The highest BCUT2D eigenvalue weighted by atomic mass is 16.2. The van der Waals surface area contributed by atoms with Crippen LogP contribution >= 0.6 is 0 Å². The maximum Gasteiger partial charge on any atom is 0.277 e. The standard InChI is InChI=1S/C21H21N5O2/c1-3-26(18-10-5-4-6-11-18)21(28)19-13-20(23-14-22-19)25-17-9-7-8-16(12-17)24-15(2)27/h4-14H,3H2,1-2H3,(H,24,27)(H,22,23,25). The van der Waals surface area contributed by atoms with E-state index in [9.17, 15) is 9.59 Å². The van der Waals surface area contributed by atoms with Gasteiger partial charge >= 0.3 is 0 Å². The third-order valence-electron chi connectivity index (χ3n) is 3.97. The molecule has 7 nitrogen and oxygen atoms in total. The smallest absolute Gasteiger partial charge is 0.277 e. The van der Waals surface area contributed by atoms with Crippen molar-refractivity contribution in [3.63, 3.8) is 0 Å². The van der Waals surface area contributed by atoms with Crippen LogP contribution in [0, 0.1) is 0 Å². The largest absolute Gasteiger partial charge is 0.340 e. The monoisotopic (exact) mass is 375 g/mol. The zero-order chi connectivity index (χ0) is 19.9. The summed E-state index contributed by atoms with van der Waals surface area (Å²) in [5.41, 5.74) is 2.51. The van der Waals surface area contributed by atoms with Crippen molar-refractivity contribution in [3.8, 4) is 0 Å². The van der Waals surface area contributed by atoms with Gasteiger partial charge < -0.3 is 15.5 Å². The van der Waals surface area contributed by atoms with Crippen LogP contribution in [0.25, 0.3) is 0 Å². The molecule has 142 valence electrons. The molecule has 0 bridgehead atoms. The van der Waals surface area contributed by atoms with Crippen LogP contribution in [0.4, 0.5) is 22.9 Å². The molecule has 7 heteroatoms. The lowest BCUT2D eigenvalue weighted by atomic mass is 10.2. The quantitative estimate of drug-likeness (QED) is 0.683. The van der Waals surface area contributed by atoms with Crippen LogP contribution in [0.3, 0.4) is 0 Å². The highest BCUT2D eigenvalue weighted by Gasteiger charge is 2.18. The lowest BCUT2D eigenvalue weighted by Crippen LogP contribution is -2.31. The van der Waals surface area contributed by atoms with Crippen LogP contribution in [-0.4, -0.2) is 28.3 Å². The average Bonchev–Trinajstić information content (AvgIpc) is 2.69. The van der Waals surface area contributed by atoms with Gasteiger partial charge in [-0.25, -0.2) is 9.97 Å². The number of carbonyl (C=O) groups excluding carboxylic acids is 2. The minimum atomic E-state index is -0.203. The van der Waals surface area contributed by atoms with Crippen molar-refractivity contribution < 1.29 is 9.59 Å². The first kappa shape index (κ1) is 19.0. The first-order valence-corrected chi connectivity index (χ1v) is 8.90. The van der Waals surface area contributed by atoms with Gasteiger partial charge in [-0.2, -0.15) is 0 Å². The molecule has 3 rings (SSSR count). The molecule has 3 aromatic rings. The minimum absolute atomic E-state index is 0.146. The van der Waals surface area contributed by atoms with Crippen LogP contribution < -0.4 is 15.5 Å². The highest BCUT2D eigenvalue weighted by molar-refractivity contribution is 6.05. The molecular formula is C21H21N5O2. The Balaban J connectivity index is 1.80. The van der Waals surface area contributed by atoms with E-state index in [1.807, 2.05) is 49.4 Å². The molecule has 0 saturated heterocycles. The van der Waals surface area contributed by atoms with Crippen LogP contribution in [0.15, 0.2) is 67.0 Å². The Hall–Kier alpha value is -3.74. The van der Waals surface area contributed by atoms with Gasteiger partial charge in [0.05, 0.1) is 0 Å². The van der Waals surface area contributed by atoms with E-state index < -0.39 is 0 Å². The van der Waals surface area contributed by atoms with E-state index in [1.165, 1.54) is 13.3 Å². The normalized spacial score (nSPS) is 10.2. The Bertz CT molecular complexity index is 975. The summed E-state index contributed by atoms with van der Waals surface area (Å²) in [5, 5.41) is 5.87. The molecule has 0 atom stereocenters. The first-order valence-electron chi connectivity index (χ1n) is 8.90. The maximum atomic E-state index is 12.9. The third-order valence-corrected chi connectivity index (χ3v) is 3.97. The Morgan fingerprint density at radius 1 is 0.964 bits per heavy atom. The van der Waals surface area contributed by atoms with Crippen LogP contribution in [0.2, 0.25) is 0 Å². The second kappa shape index (κ2) is 8.77. The maximum absolute atomic E-state index is 12.9. The highest BCUT2D eigenvalue weighted by Crippen LogP contribution is 2.20. The van der Waals surface area contributed by atoms with Crippen molar-refractivity contribution in [1.29, 1.82) is 0 Å². The van der Waals surface area contributed by atoms with Gasteiger partial charge in [0.1, 0.15) is 17.8 Å². The summed E-state index contributed by atoms with van der Waals surface area (Å²) < 4.78 is 0. The fourth-order valence-corrected chi connectivity index (χ4v) is 2.76. The van der Waals surface area contributed by atoms with Gasteiger partial charge in [-0.1, -0.05) is 24.3 Å². The first-order chi connectivity index (χ1) is 13.6. The molecule has 0 saturated carbocycles. The number of aromatic nitrogens is 2. The summed E-state index contributed by atoms with van der Waals surface area (Å²) in [4.78, 5) is 34.1. The number of anilines is 4. The van der Waals surface area contributed by atoms with E-state index in [2.05, 4.69) is 20.6 Å². The SMILES string of the molecule is CCN(C(=O)c1cc(Nc2cccc(NC(C)=O)c2)ncn1)c1ccccc1. The number of carbonyl (C=O) groups is 2. The number of para-hydroxylation sites is 1. The average molecular weight is 375 g/mol. The molecule has 0 aliphatic heterocycles. The topological polar surface area (TPSA) is 87.2 Å². The molecule has 2 amide bonds. The molecule has 1 heterocycles. The van der Waals surface area contributed by atoms with Gasteiger partial charge in [-0.15, -0.1) is 0 Å². The molecule has 0 radical (unpaired) electrons. The van der Waals surface area contributed by atoms with Gasteiger partial charge in [-0.3, -0.25) is 9.59 Å². The van der Waals surface area contributed by atoms with E-state index in [0.717, 1.165) is 11.4 Å². The lowest BCUT2D eigenvalue weighted by Gasteiger charge is -2.20. The van der Waals surface area contributed by atoms with E-state index in [4.69, 9.17) is 0 Å². The zero-order valence-corrected chi connectivity index (χ0v) is 15.7. The van der Waals surface area contributed by atoms with E-state index >= 15 is 0 Å². The Morgan fingerprint density at radius 2 is 1.71 bits per heavy atom. The molecule has 2 N–H and O–H groups in total. The second-order valence-electron chi connectivity index (χ2n) is 6.06. The van der Waals surface area contributed by atoms with Crippen LogP contribution in [0.5, 0.6) is 0 Å². The molecule has 0 aliphatic rings. The number of amides is 2. The van der Waals surface area contributed by atoms with Gasteiger partial charge in [0, 0.05) is 36.6 Å². The summed E-state index contributed by atoms with van der Waals surface area (Å²) in [7, 11) is 0. The van der Waals surface area contributed by atoms with Gasteiger partial charge in [0.2, 0.25) is 5.91 Å². The molecule has 28 heavy (non-hydrogen) atoms. The molecule has 1 aromatic heterocycles. The minimum Gasteiger partial charge on any atom is -0.340 e. The fraction of sp³-hybridized carbons (Fsp3) is 0.143. The van der Waals surface area contributed by atoms with Crippen molar-refractivity contribution in [2.45, 2.75) is 13.8 Å². The van der Waals surface area contributed by atoms with Crippen LogP contribution in [-0.2, 0) is 4.79 Å². The zero-order valence-electron chi connectivity index (χ0n) is 15.7. The summed E-state index contributed by atoms with van der Waals surface area (Å²) in [5.74, 6) is 0.140. The second-order valence-corrected chi connectivity index (χ2v) is 6.06. The van der Waals surface area contributed by atoms with E-state index in [1.54, 1.807) is 23.1 Å². The molecule has 0 aliphatic carbocycles. The van der Waals surface area contributed by atoms with Crippen molar-refractivity contribution in [3.05, 3.63) is 72.7 Å². The number of rotatable bonds is 6. The predicted octanol–water partition coefficient (Wildman–Crippen LogP) is 3.85. The summed E-state index contributed by atoms with van der Waals surface area (Å²) in [6.45, 7) is 3.89. The predicted molar refractivity (Wildman–Crippen MR) is 110 cm³/mol. The number of nitrogens with one attached hydrogen (secondary N) is 2. The van der Waals surface area contributed by atoms with Gasteiger partial charge in [-0.05, 0) is 37.3 Å². The summed E-state index contributed by atoms with van der Waals surface area (Å²) in [6, 6.07) is 18.3. The molecule has 0 spiro atoms. The van der Waals surface area contributed by atoms with Crippen molar-refractivity contribution >= 4 is 34.7 Å². The number of nitrogens with zero attached hydrogens (tertiary/aromatic N) is 3. The Kier molecular flexibility index (Phi) is 5.96. The molecule has 0 unspecified atom stereocenters. The number of hydrogen-bond acceptors (Lipinski definition) is 5. The van der Waals surface area contributed by atoms with E-state index in [-0.39, 0.29) is 11.8 Å². The Labute approximate surface area is 163 Å². The van der Waals surface area contributed by atoms with Crippen LogP contribution in [0.1, 0.15) is 24.3 Å². The number of hydrogen-bond donors (Lipinski definition) is 2. The van der Waals surface area contributed by atoms with Crippen molar-refractivity contribution in [2.24, 2.45) is 0 Å². The third kappa shape index (κ3) is 4.70. The summed E-state index contributed by atoms with van der Waals surface area (Å²) in [6.07, 6.45) is 1.35. The lowest BCUT2D eigenvalue weighted by molar-refractivity contribution is -0.114.